The topological polar surface area (TPSA) is 59.3 Å². The molecule has 1 aliphatic carbocycles. The molecule has 0 atom stereocenters. The van der Waals surface area contributed by atoms with Gasteiger partial charge in [-0.3, -0.25) is 0 Å². The summed E-state index contributed by atoms with van der Waals surface area (Å²) in [6, 6.07) is 13.1. The minimum absolute atomic E-state index is 0.361. The summed E-state index contributed by atoms with van der Waals surface area (Å²) in [5.74, 6) is 0.344. The summed E-state index contributed by atoms with van der Waals surface area (Å²) in [5, 5.41) is 9.20. The van der Waals surface area contributed by atoms with Gasteiger partial charge in [0.05, 0.1) is 31.4 Å². The lowest BCUT2D eigenvalue weighted by Crippen LogP contribution is -2.07. The van der Waals surface area contributed by atoms with E-state index in [2.05, 4.69) is 12.1 Å². The van der Waals surface area contributed by atoms with Crippen LogP contribution in [0.2, 0.25) is 0 Å². The molecule has 24 heavy (non-hydrogen) atoms. The highest BCUT2D eigenvalue weighted by atomic mass is 16.5. The summed E-state index contributed by atoms with van der Waals surface area (Å²) in [7, 11) is 2.98. The van der Waals surface area contributed by atoms with Gasteiger partial charge in [0, 0.05) is 5.56 Å². The van der Waals surface area contributed by atoms with Crippen molar-refractivity contribution in [1.29, 1.82) is 5.26 Å². The van der Waals surface area contributed by atoms with Gasteiger partial charge in [-0.1, -0.05) is 12.1 Å². The Morgan fingerprint density at radius 1 is 1.12 bits per heavy atom. The monoisotopic (exact) mass is 319 g/mol. The molecule has 0 bridgehead atoms. The van der Waals surface area contributed by atoms with Crippen molar-refractivity contribution in [3.05, 3.63) is 70.3 Å². The van der Waals surface area contributed by atoms with Crippen LogP contribution < -0.4 is 4.74 Å². The Bertz CT molecular complexity index is 875. The number of carbonyl (C=O) groups excluding carboxylic acids is 1. The molecule has 3 rings (SSSR count). The fourth-order valence-electron chi connectivity index (χ4n) is 3.02. The molecule has 0 amide bonds. The number of allylic oxidation sites excluding steroid dienone is 1. The number of nitrogens with zero attached hydrogens (tertiary/aromatic N) is 1. The number of fused-ring (bicyclic) bond motifs is 1. The number of rotatable bonds is 3. The van der Waals surface area contributed by atoms with E-state index in [1.54, 1.807) is 25.3 Å². The number of aryl methyl sites for hydroxylation is 1. The van der Waals surface area contributed by atoms with Crippen molar-refractivity contribution in [2.45, 2.75) is 12.8 Å². The molecule has 4 heteroatoms. The zero-order valence-corrected chi connectivity index (χ0v) is 13.6. The number of hydrogen-bond acceptors (Lipinski definition) is 4. The second kappa shape index (κ2) is 6.59. The first-order valence-corrected chi connectivity index (χ1v) is 7.68. The van der Waals surface area contributed by atoms with Crippen molar-refractivity contribution in [2.24, 2.45) is 0 Å². The Labute approximate surface area is 140 Å². The van der Waals surface area contributed by atoms with Crippen molar-refractivity contribution in [3.8, 4) is 11.8 Å². The molecule has 120 valence electrons. The molecule has 0 radical (unpaired) electrons. The van der Waals surface area contributed by atoms with Gasteiger partial charge in [0.2, 0.25) is 0 Å². The van der Waals surface area contributed by atoms with E-state index in [9.17, 15) is 10.1 Å². The minimum Gasteiger partial charge on any atom is -0.496 e. The number of hydrogen-bond donors (Lipinski definition) is 0. The van der Waals surface area contributed by atoms with Crippen molar-refractivity contribution in [3.63, 3.8) is 0 Å². The summed E-state index contributed by atoms with van der Waals surface area (Å²) in [6.07, 6.45) is 3.95. The second-order valence-corrected chi connectivity index (χ2v) is 5.55. The molecule has 0 heterocycles. The predicted molar refractivity (Wildman–Crippen MR) is 90.9 cm³/mol. The molecular formula is C20H17NO3. The van der Waals surface area contributed by atoms with Crippen LogP contribution in [0.1, 0.15) is 39.0 Å². The van der Waals surface area contributed by atoms with Crippen molar-refractivity contribution >= 4 is 11.5 Å². The largest absolute Gasteiger partial charge is 0.496 e. The van der Waals surface area contributed by atoms with Crippen molar-refractivity contribution in [1.82, 2.24) is 0 Å². The predicted octanol–water partition coefficient (Wildman–Crippen LogP) is 3.73. The molecule has 0 fully saturated rings. The van der Waals surface area contributed by atoms with Gasteiger partial charge in [-0.05, 0) is 59.9 Å². The summed E-state index contributed by atoms with van der Waals surface area (Å²) < 4.78 is 10.3. The molecule has 2 aromatic carbocycles. The molecule has 2 aromatic rings. The van der Waals surface area contributed by atoms with Gasteiger partial charge in [0.25, 0.3) is 0 Å². The highest BCUT2D eigenvalue weighted by Crippen LogP contribution is 2.37. The van der Waals surface area contributed by atoms with Crippen LogP contribution in [0.25, 0.3) is 5.57 Å². The third-order valence-electron chi connectivity index (χ3n) is 4.20. The van der Waals surface area contributed by atoms with Crippen molar-refractivity contribution < 1.29 is 14.3 Å². The lowest BCUT2D eigenvalue weighted by atomic mass is 9.85. The van der Waals surface area contributed by atoms with Gasteiger partial charge in [0.1, 0.15) is 5.75 Å². The highest BCUT2D eigenvalue weighted by Gasteiger charge is 2.20. The average Bonchev–Trinajstić information content (AvgIpc) is 2.65. The Morgan fingerprint density at radius 3 is 2.67 bits per heavy atom. The Morgan fingerprint density at radius 2 is 1.96 bits per heavy atom. The van der Waals surface area contributed by atoms with Crippen LogP contribution in [0.15, 0.2) is 42.5 Å². The van der Waals surface area contributed by atoms with Gasteiger partial charge < -0.3 is 9.47 Å². The Kier molecular flexibility index (Phi) is 4.35. The lowest BCUT2D eigenvalue weighted by molar-refractivity contribution is 0.0600. The number of benzene rings is 2. The highest BCUT2D eigenvalue weighted by molar-refractivity contribution is 5.93. The van der Waals surface area contributed by atoms with Crippen LogP contribution in [0.3, 0.4) is 0 Å². The molecule has 4 nitrogen and oxygen atoms in total. The average molecular weight is 319 g/mol. The zero-order valence-electron chi connectivity index (χ0n) is 13.6. The van der Waals surface area contributed by atoms with E-state index in [4.69, 9.17) is 9.47 Å². The SMILES string of the molecule is COC(=O)c1ccc2c(c1)C(c1cc(C#N)ccc1OC)=CCC2. The maximum absolute atomic E-state index is 11.9. The first kappa shape index (κ1) is 15.8. The third-order valence-corrected chi connectivity index (χ3v) is 4.20. The smallest absolute Gasteiger partial charge is 0.337 e. The van der Waals surface area contributed by atoms with Gasteiger partial charge in [-0.25, -0.2) is 4.79 Å². The summed E-state index contributed by atoms with van der Waals surface area (Å²) in [4.78, 5) is 11.9. The fraction of sp³-hybridized carbons (Fsp3) is 0.200. The first-order valence-electron chi connectivity index (χ1n) is 7.68. The lowest BCUT2D eigenvalue weighted by Gasteiger charge is -2.20. The minimum atomic E-state index is -0.361. The van der Waals surface area contributed by atoms with E-state index >= 15 is 0 Å². The number of ether oxygens (including phenoxy) is 2. The van der Waals surface area contributed by atoms with E-state index in [1.165, 1.54) is 12.7 Å². The third kappa shape index (κ3) is 2.77. The Balaban J connectivity index is 2.17. The van der Waals surface area contributed by atoms with Gasteiger partial charge >= 0.3 is 5.97 Å². The molecule has 0 aromatic heterocycles. The van der Waals surface area contributed by atoms with E-state index in [1.807, 2.05) is 18.2 Å². The van der Waals surface area contributed by atoms with Crippen LogP contribution in [0, 0.1) is 11.3 Å². The van der Waals surface area contributed by atoms with Gasteiger partial charge in [0.15, 0.2) is 0 Å². The molecule has 0 spiro atoms. The molecule has 0 saturated heterocycles. The Hall–Kier alpha value is -3.06. The van der Waals surface area contributed by atoms with Gasteiger partial charge in [-0.15, -0.1) is 0 Å². The molecule has 0 unspecified atom stereocenters. The maximum atomic E-state index is 11.9. The summed E-state index contributed by atoms with van der Waals surface area (Å²) >= 11 is 0. The number of nitriles is 1. The molecule has 0 saturated carbocycles. The second-order valence-electron chi connectivity index (χ2n) is 5.55. The summed E-state index contributed by atoms with van der Waals surface area (Å²) in [5.41, 5.74) is 5.08. The van der Waals surface area contributed by atoms with Crippen molar-refractivity contribution in [2.75, 3.05) is 14.2 Å². The molecular weight excluding hydrogens is 302 g/mol. The number of methoxy groups -OCH3 is 2. The molecule has 1 aliphatic rings. The fourth-order valence-corrected chi connectivity index (χ4v) is 3.02. The van der Waals surface area contributed by atoms with E-state index < -0.39 is 0 Å². The quantitative estimate of drug-likeness (QED) is 0.809. The maximum Gasteiger partial charge on any atom is 0.337 e. The van der Waals surface area contributed by atoms with Crippen LogP contribution >= 0.6 is 0 Å². The van der Waals surface area contributed by atoms with Crippen LogP contribution in [0.4, 0.5) is 0 Å². The van der Waals surface area contributed by atoms with Gasteiger partial charge in [-0.2, -0.15) is 5.26 Å². The van der Waals surface area contributed by atoms with E-state index in [0.717, 1.165) is 29.5 Å². The molecule has 0 N–H and O–H groups in total. The number of esters is 1. The van der Waals surface area contributed by atoms with E-state index in [0.29, 0.717) is 16.9 Å². The first-order chi connectivity index (χ1) is 11.7. The molecule has 0 aliphatic heterocycles. The zero-order chi connectivity index (χ0) is 17.1. The standard InChI is InChI=1S/C20H17NO3/c1-23-19-9-6-13(12-21)10-18(19)16-5-3-4-14-7-8-15(11-17(14)16)20(22)24-2/h5-11H,3-4H2,1-2H3. The van der Waals surface area contributed by atoms with Crippen LogP contribution in [0.5, 0.6) is 5.75 Å². The number of carbonyl (C=O) groups is 1. The van der Waals surface area contributed by atoms with Crippen LogP contribution in [-0.2, 0) is 11.2 Å². The normalized spacial score (nSPS) is 12.6. The van der Waals surface area contributed by atoms with E-state index in [-0.39, 0.29) is 5.97 Å². The van der Waals surface area contributed by atoms with Crippen LogP contribution in [-0.4, -0.2) is 20.2 Å². The summed E-state index contributed by atoms with van der Waals surface area (Å²) in [6.45, 7) is 0.